The van der Waals surface area contributed by atoms with E-state index in [9.17, 15) is 20.1 Å². The van der Waals surface area contributed by atoms with Crippen molar-refractivity contribution in [2.24, 2.45) is 0 Å². The van der Waals surface area contributed by atoms with E-state index in [1.165, 1.54) is 6.20 Å². The molecule has 158 valence electrons. The van der Waals surface area contributed by atoms with E-state index < -0.39 is 17.8 Å². The van der Waals surface area contributed by atoms with Crippen LogP contribution in [0, 0.1) is 20.8 Å². The monoisotopic (exact) mass is 413 g/mol. The van der Waals surface area contributed by atoms with Crippen LogP contribution in [0.3, 0.4) is 0 Å². The molecule has 2 atom stereocenters. The van der Waals surface area contributed by atoms with Gasteiger partial charge in [-0.25, -0.2) is 24.5 Å². The largest absolute Gasteiger partial charge is 0.376 e. The molecule has 4 rings (SSSR count). The van der Waals surface area contributed by atoms with Crippen molar-refractivity contribution >= 4 is 11.2 Å². The Labute approximate surface area is 171 Å². The molecule has 0 spiro atoms. The van der Waals surface area contributed by atoms with Crippen molar-refractivity contribution in [1.29, 1.82) is 0 Å². The zero-order valence-electron chi connectivity index (χ0n) is 16.9. The Morgan fingerprint density at radius 2 is 1.77 bits per heavy atom. The fourth-order valence-electron chi connectivity index (χ4n) is 3.64. The molecule has 3 aromatic heterocycles. The molecule has 2 unspecified atom stereocenters. The molecule has 0 saturated carbocycles. The van der Waals surface area contributed by atoms with Gasteiger partial charge in [-0.2, -0.15) is 0 Å². The van der Waals surface area contributed by atoms with Crippen molar-refractivity contribution < 1.29 is 20.1 Å². The van der Waals surface area contributed by atoms with Crippen LogP contribution in [0.4, 0.5) is 0 Å². The van der Waals surface area contributed by atoms with E-state index in [1.54, 1.807) is 6.07 Å². The third-order valence-electron chi connectivity index (χ3n) is 5.41. The summed E-state index contributed by atoms with van der Waals surface area (Å²) in [7, 11) is 0. The average Bonchev–Trinajstić information content (AvgIpc) is 2.69. The van der Waals surface area contributed by atoms with Gasteiger partial charge in [0.15, 0.2) is 5.65 Å². The van der Waals surface area contributed by atoms with Gasteiger partial charge in [-0.05, 0) is 45.2 Å². The molecule has 0 amide bonds. The summed E-state index contributed by atoms with van der Waals surface area (Å²) in [5.74, 6) is 0.637. The number of fused-ring (bicyclic) bond motifs is 1. The quantitative estimate of drug-likeness (QED) is 0.528. The summed E-state index contributed by atoms with van der Waals surface area (Å²) in [6.45, 7) is 6.11. The highest BCUT2D eigenvalue weighted by molar-refractivity contribution is 5.72. The number of hydrogen-bond acceptors (Lipinski definition) is 9. The molecule has 3 aromatic rings. The number of nitrogens with zero attached hydrogens (tertiary/aromatic N) is 5. The van der Waals surface area contributed by atoms with Crippen LogP contribution < -0.4 is 5.56 Å². The predicted molar refractivity (Wildman–Crippen MR) is 105 cm³/mol. The van der Waals surface area contributed by atoms with Crippen LogP contribution in [0.25, 0.3) is 11.2 Å². The smallest absolute Gasteiger partial charge is 0.373 e. The van der Waals surface area contributed by atoms with Crippen molar-refractivity contribution in [2.45, 2.75) is 51.7 Å². The minimum Gasteiger partial charge on any atom is -0.373 e. The lowest BCUT2D eigenvalue weighted by molar-refractivity contribution is -0.377. The number of aliphatic hydroxyl groups is 3. The van der Waals surface area contributed by atoms with Crippen LogP contribution in [0.1, 0.15) is 53.3 Å². The molecule has 1 saturated heterocycles. The van der Waals surface area contributed by atoms with Crippen molar-refractivity contribution in [3.63, 3.8) is 0 Å². The minimum absolute atomic E-state index is 0.0160. The number of pyridine rings is 1. The van der Waals surface area contributed by atoms with Gasteiger partial charge in [0, 0.05) is 24.8 Å². The zero-order valence-corrected chi connectivity index (χ0v) is 16.9. The van der Waals surface area contributed by atoms with Gasteiger partial charge in [-0.3, -0.25) is 4.79 Å². The minimum atomic E-state index is -3.28. The van der Waals surface area contributed by atoms with Crippen LogP contribution in [0.2, 0.25) is 0 Å². The molecule has 0 radical (unpaired) electrons. The first-order valence-electron chi connectivity index (χ1n) is 9.65. The molecule has 0 aromatic carbocycles. The maximum Gasteiger partial charge on any atom is 0.376 e. The molecular weight excluding hydrogens is 390 g/mol. The fourth-order valence-corrected chi connectivity index (χ4v) is 3.64. The summed E-state index contributed by atoms with van der Waals surface area (Å²) in [5.41, 5.74) is 3.44. The van der Waals surface area contributed by atoms with E-state index in [0.717, 1.165) is 23.1 Å². The van der Waals surface area contributed by atoms with E-state index >= 15 is 0 Å². The number of hydrogen-bond donors (Lipinski definition) is 3. The zero-order chi connectivity index (χ0) is 21.6. The molecule has 1 aliphatic rings. The number of rotatable bonds is 3. The van der Waals surface area contributed by atoms with Gasteiger partial charge in [0.2, 0.25) is 0 Å². The van der Waals surface area contributed by atoms with Gasteiger partial charge in [0.1, 0.15) is 11.3 Å². The van der Waals surface area contributed by atoms with Gasteiger partial charge in [-0.15, -0.1) is 0 Å². The molecule has 3 N–H and O–H groups in total. The first kappa shape index (κ1) is 20.5. The van der Waals surface area contributed by atoms with Gasteiger partial charge in [-0.1, -0.05) is 0 Å². The molecule has 1 fully saturated rings. The number of aromatic nitrogens is 5. The van der Waals surface area contributed by atoms with Crippen molar-refractivity contribution in [2.75, 3.05) is 6.61 Å². The lowest BCUT2D eigenvalue weighted by Gasteiger charge is -2.30. The number of ether oxygens (including phenoxy) is 1. The predicted octanol–water partition coefficient (Wildman–Crippen LogP) is 0.687. The number of aryl methyl sites for hydroxylation is 3. The van der Waals surface area contributed by atoms with Gasteiger partial charge >= 0.3 is 6.10 Å². The Bertz CT molecular complexity index is 1170. The summed E-state index contributed by atoms with van der Waals surface area (Å²) in [4.78, 5) is 30.2. The van der Waals surface area contributed by atoms with E-state index in [2.05, 4.69) is 19.9 Å². The molecule has 10 nitrogen and oxygen atoms in total. The van der Waals surface area contributed by atoms with E-state index in [4.69, 9.17) is 4.74 Å². The van der Waals surface area contributed by atoms with Crippen LogP contribution in [-0.4, -0.2) is 46.4 Å². The van der Waals surface area contributed by atoms with E-state index in [0.29, 0.717) is 46.6 Å². The van der Waals surface area contributed by atoms with Crippen LogP contribution in [0.5, 0.6) is 0 Å². The Hall–Kier alpha value is -2.79. The first-order chi connectivity index (χ1) is 14.1. The average molecular weight is 413 g/mol. The molecule has 30 heavy (non-hydrogen) atoms. The SMILES string of the molecule is Cc1nc2nc(C3CCOC(c4ccc(=O)n(C(O)(O)O)c4)C3)nc(C)c2nc1C. The highest BCUT2D eigenvalue weighted by atomic mass is 16.7. The Kier molecular flexibility index (Phi) is 5.10. The van der Waals surface area contributed by atoms with Crippen molar-refractivity contribution in [3.05, 3.63) is 57.2 Å². The third kappa shape index (κ3) is 3.82. The fraction of sp³-hybridized carbons (Fsp3) is 0.450. The van der Waals surface area contributed by atoms with Gasteiger partial charge in [0.05, 0.1) is 23.2 Å². The summed E-state index contributed by atoms with van der Waals surface area (Å²) < 4.78 is 6.27. The molecular formula is C20H23N5O5. The molecule has 10 heteroatoms. The Morgan fingerprint density at radius 1 is 1.03 bits per heavy atom. The highest BCUT2D eigenvalue weighted by Gasteiger charge is 2.30. The molecule has 0 aliphatic carbocycles. The van der Waals surface area contributed by atoms with Crippen LogP contribution in [-0.2, 0) is 10.8 Å². The topological polar surface area (TPSA) is 143 Å². The van der Waals surface area contributed by atoms with E-state index in [1.807, 2.05) is 20.8 Å². The summed E-state index contributed by atoms with van der Waals surface area (Å²) in [5, 5.41) is 28.2. The first-order valence-corrected chi connectivity index (χ1v) is 9.65. The van der Waals surface area contributed by atoms with Crippen molar-refractivity contribution in [1.82, 2.24) is 24.5 Å². The van der Waals surface area contributed by atoms with E-state index in [-0.39, 0.29) is 5.92 Å². The van der Waals surface area contributed by atoms with Gasteiger partial charge < -0.3 is 20.1 Å². The molecule has 1 aliphatic heterocycles. The van der Waals surface area contributed by atoms with Gasteiger partial charge in [0.25, 0.3) is 5.56 Å². The maximum atomic E-state index is 11.8. The lowest BCUT2D eigenvalue weighted by Crippen LogP contribution is -2.40. The summed E-state index contributed by atoms with van der Waals surface area (Å²) in [6.07, 6.45) is -1.29. The Balaban J connectivity index is 1.67. The summed E-state index contributed by atoms with van der Waals surface area (Å²) >= 11 is 0. The second-order valence-electron chi connectivity index (χ2n) is 7.59. The second-order valence-corrected chi connectivity index (χ2v) is 7.59. The maximum absolute atomic E-state index is 11.8. The third-order valence-corrected chi connectivity index (χ3v) is 5.41. The highest BCUT2D eigenvalue weighted by Crippen LogP contribution is 2.36. The lowest BCUT2D eigenvalue weighted by atomic mass is 9.91. The molecule has 0 bridgehead atoms. The standard InChI is InChI=1S/C20H23N5O5/c1-10-11(2)22-19-17(21-10)12(3)23-18(24-19)13-6-7-30-15(8-13)14-4-5-16(26)25(9-14)20(27,28)29/h4-5,9,13,15,27-29H,6-8H2,1-3H3. The van der Waals surface area contributed by atoms with Crippen LogP contribution >= 0.6 is 0 Å². The second kappa shape index (κ2) is 7.47. The Morgan fingerprint density at radius 3 is 2.50 bits per heavy atom. The van der Waals surface area contributed by atoms with Crippen LogP contribution in [0.15, 0.2) is 23.1 Å². The normalized spacial score (nSPS) is 19.9. The molecule has 4 heterocycles. The summed E-state index contributed by atoms with van der Waals surface area (Å²) in [6, 6.07) is 2.69. The van der Waals surface area contributed by atoms with Crippen molar-refractivity contribution in [3.8, 4) is 0 Å².